The number of H-pyrrole nitrogens is 4. The zero-order valence-electron chi connectivity index (χ0n) is 22.7. The minimum absolute atomic E-state index is 0.266. The fourth-order valence-electron chi connectivity index (χ4n) is 5.97. The summed E-state index contributed by atoms with van der Waals surface area (Å²) in [5.74, 6) is -0.691. The van der Waals surface area contributed by atoms with Crippen LogP contribution in [0.4, 0.5) is 0 Å². The summed E-state index contributed by atoms with van der Waals surface area (Å²) in [6, 6.07) is 34.6. The van der Waals surface area contributed by atoms with Crippen LogP contribution in [0.5, 0.6) is 0 Å². The predicted octanol–water partition coefficient (Wildman–Crippen LogP) is 7.16. The Labute approximate surface area is 235 Å². The van der Waals surface area contributed by atoms with Crippen LogP contribution in [-0.2, 0) is 0 Å². The molecule has 2 heterocycles. The number of hydrogen-bond acceptors (Lipinski definition) is 2. The molecule has 0 bridgehead atoms. The highest BCUT2D eigenvalue weighted by molar-refractivity contribution is 6.04. The van der Waals surface area contributed by atoms with Gasteiger partial charge < -0.3 is 0 Å². The third-order valence-electron chi connectivity index (χ3n) is 7.99. The molecule has 0 saturated carbocycles. The highest BCUT2D eigenvalue weighted by Crippen LogP contribution is 2.43. The van der Waals surface area contributed by atoms with Gasteiger partial charge in [0.2, 0.25) is 0 Å². The molecule has 2 aromatic heterocycles. The van der Waals surface area contributed by atoms with Crippen molar-refractivity contribution in [1.82, 2.24) is 20.4 Å². The number of rotatable bonds is 5. The van der Waals surface area contributed by atoms with E-state index in [-0.39, 0.29) is 11.1 Å². The Morgan fingerprint density at radius 1 is 0.488 bits per heavy atom. The maximum Gasteiger partial charge on any atom is 0.268 e. The topological polar surface area (TPSA) is 97.3 Å². The molecule has 200 valence electrons. The Morgan fingerprint density at radius 2 is 0.902 bits per heavy atom. The molecule has 0 amide bonds. The Kier molecular flexibility index (Phi) is 5.82. The van der Waals surface area contributed by atoms with Gasteiger partial charge in [0.05, 0.1) is 28.4 Å². The highest BCUT2D eigenvalue weighted by Gasteiger charge is 2.33. The van der Waals surface area contributed by atoms with Crippen molar-refractivity contribution in [3.05, 3.63) is 152 Å². The summed E-state index contributed by atoms with van der Waals surface area (Å²) < 4.78 is 0. The normalized spacial score (nSPS) is 11.6. The lowest BCUT2D eigenvalue weighted by molar-refractivity contribution is 0.972. The first-order valence-corrected chi connectivity index (χ1v) is 13.6. The van der Waals surface area contributed by atoms with Crippen LogP contribution in [0.3, 0.4) is 0 Å². The first kappa shape index (κ1) is 24.7. The van der Waals surface area contributed by atoms with E-state index in [0.717, 1.165) is 49.4 Å². The van der Waals surface area contributed by atoms with E-state index in [1.807, 2.05) is 86.6 Å². The Morgan fingerprint density at radius 3 is 1.34 bits per heavy atom. The fourth-order valence-corrected chi connectivity index (χ4v) is 5.97. The average molecular weight is 537 g/mol. The molecule has 7 rings (SSSR count). The predicted molar refractivity (Wildman–Crippen MR) is 166 cm³/mol. The average Bonchev–Trinajstić information content (AvgIpc) is 3.56. The molecule has 0 atom stereocenters. The molecule has 41 heavy (non-hydrogen) atoms. The number of aryl methyl sites for hydroxylation is 2. The minimum atomic E-state index is -0.691. The molecule has 6 heteroatoms. The zero-order valence-corrected chi connectivity index (χ0v) is 22.7. The standard InChI is InChI=1S/C35H28N4O2/c1-20-11-15-22(16-12-20)32-30(34(40)38-36-32)29(31-33(37-39-35(31)41)23-17-13-21(2)14-18-23)28-26-9-5-3-7-24(26)19-25-8-4-6-10-27(25)28/h3-19,29H,1-2H3,(H2,36,38,40)(H2,37,39,41). The third kappa shape index (κ3) is 4.12. The number of fused-ring (bicyclic) bond motifs is 2. The van der Waals surface area contributed by atoms with Gasteiger partial charge in [-0.1, -0.05) is 108 Å². The van der Waals surface area contributed by atoms with Gasteiger partial charge in [-0.2, -0.15) is 0 Å². The van der Waals surface area contributed by atoms with Gasteiger partial charge in [-0.15, -0.1) is 0 Å². The molecule has 7 aromatic rings. The molecular formula is C35H28N4O2. The smallest absolute Gasteiger partial charge is 0.268 e. The van der Waals surface area contributed by atoms with Gasteiger partial charge in [0.15, 0.2) is 0 Å². The molecule has 0 aliphatic heterocycles. The molecule has 0 spiro atoms. The summed E-state index contributed by atoms with van der Waals surface area (Å²) in [6.07, 6.45) is 0. The molecule has 0 unspecified atom stereocenters. The summed E-state index contributed by atoms with van der Waals surface area (Å²) in [6.45, 7) is 4.06. The Hall–Kier alpha value is -5.36. The molecule has 0 radical (unpaired) electrons. The first-order valence-electron chi connectivity index (χ1n) is 13.6. The van der Waals surface area contributed by atoms with Crippen molar-refractivity contribution in [2.75, 3.05) is 0 Å². The van der Waals surface area contributed by atoms with Gasteiger partial charge in [0.25, 0.3) is 11.1 Å². The largest absolute Gasteiger partial charge is 0.297 e. The van der Waals surface area contributed by atoms with E-state index in [1.54, 1.807) is 0 Å². The minimum Gasteiger partial charge on any atom is -0.297 e. The van der Waals surface area contributed by atoms with Gasteiger partial charge in [-0.25, -0.2) is 0 Å². The van der Waals surface area contributed by atoms with E-state index < -0.39 is 5.92 Å². The van der Waals surface area contributed by atoms with Gasteiger partial charge in [-0.05, 0) is 58.1 Å². The highest BCUT2D eigenvalue weighted by atomic mass is 16.1. The van der Waals surface area contributed by atoms with Crippen LogP contribution in [0, 0.1) is 13.8 Å². The van der Waals surface area contributed by atoms with Gasteiger partial charge in [-0.3, -0.25) is 30.0 Å². The maximum absolute atomic E-state index is 13.9. The van der Waals surface area contributed by atoms with Crippen molar-refractivity contribution < 1.29 is 0 Å². The van der Waals surface area contributed by atoms with E-state index >= 15 is 0 Å². The van der Waals surface area contributed by atoms with Crippen LogP contribution in [0.15, 0.2) is 113 Å². The second-order valence-corrected chi connectivity index (χ2v) is 10.6. The molecule has 0 saturated heterocycles. The second kappa shape index (κ2) is 9.68. The Balaban J connectivity index is 1.64. The van der Waals surface area contributed by atoms with E-state index in [0.29, 0.717) is 22.5 Å². The van der Waals surface area contributed by atoms with Crippen molar-refractivity contribution in [3.8, 4) is 22.5 Å². The van der Waals surface area contributed by atoms with Crippen molar-refractivity contribution in [1.29, 1.82) is 0 Å². The monoisotopic (exact) mass is 536 g/mol. The van der Waals surface area contributed by atoms with Gasteiger partial charge >= 0.3 is 0 Å². The summed E-state index contributed by atoms with van der Waals surface area (Å²) in [5.41, 5.74) is 6.65. The van der Waals surface area contributed by atoms with Crippen molar-refractivity contribution in [2.45, 2.75) is 19.8 Å². The summed E-state index contributed by atoms with van der Waals surface area (Å²) in [4.78, 5) is 27.7. The summed E-state index contributed by atoms with van der Waals surface area (Å²) in [7, 11) is 0. The van der Waals surface area contributed by atoms with Gasteiger partial charge in [0.1, 0.15) is 0 Å². The maximum atomic E-state index is 13.9. The summed E-state index contributed by atoms with van der Waals surface area (Å²) in [5, 5.41) is 16.0. The zero-order chi connectivity index (χ0) is 28.1. The van der Waals surface area contributed by atoms with Crippen LogP contribution in [0.1, 0.15) is 33.7 Å². The molecule has 6 nitrogen and oxygen atoms in total. The lowest BCUT2D eigenvalue weighted by atomic mass is 9.79. The number of aromatic amines is 4. The van der Waals surface area contributed by atoms with E-state index in [4.69, 9.17) is 0 Å². The van der Waals surface area contributed by atoms with Crippen LogP contribution >= 0.6 is 0 Å². The lowest BCUT2D eigenvalue weighted by Crippen LogP contribution is -2.20. The number of nitrogens with one attached hydrogen (secondary N) is 4. The van der Waals surface area contributed by atoms with Crippen LogP contribution in [-0.4, -0.2) is 20.4 Å². The van der Waals surface area contributed by atoms with Crippen LogP contribution < -0.4 is 11.1 Å². The fraction of sp³-hybridized carbons (Fsp3) is 0.0857. The molecule has 0 aliphatic carbocycles. The van der Waals surface area contributed by atoms with E-state index in [2.05, 4.69) is 50.7 Å². The van der Waals surface area contributed by atoms with Gasteiger partial charge in [0, 0.05) is 0 Å². The number of benzene rings is 5. The first-order chi connectivity index (χ1) is 20.0. The number of hydrogen-bond donors (Lipinski definition) is 4. The van der Waals surface area contributed by atoms with Crippen LogP contribution in [0.2, 0.25) is 0 Å². The van der Waals surface area contributed by atoms with Crippen LogP contribution in [0.25, 0.3) is 44.1 Å². The van der Waals surface area contributed by atoms with E-state index in [9.17, 15) is 9.59 Å². The second-order valence-electron chi connectivity index (χ2n) is 10.6. The SMILES string of the molecule is Cc1ccc(-c2[nH][nH]c(=O)c2C(c2c(-c3ccc(C)cc3)[nH][nH]c2=O)c2c3ccccc3cc3ccccc23)cc1. The Bertz CT molecular complexity index is 2010. The number of aromatic nitrogens is 4. The molecule has 0 fully saturated rings. The quantitative estimate of drug-likeness (QED) is 0.176. The molecular weight excluding hydrogens is 508 g/mol. The molecule has 0 aliphatic rings. The third-order valence-corrected chi connectivity index (χ3v) is 7.99. The van der Waals surface area contributed by atoms with Crippen molar-refractivity contribution >= 4 is 21.5 Å². The molecule has 5 aromatic carbocycles. The van der Waals surface area contributed by atoms with Crippen molar-refractivity contribution in [2.24, 2.45) is 0 Å². The molecule has 4 N–H and O–H groups in total. The van der Waals surface area contributed by atoms with E-state index in [1.165, 1.54) is 0 Å². The summed E-state index contributed by atoms with van der Waals surface area (Å²) >= 11 is 0. The van der Waals surface area contributed by atoms with Crippen molar-refractivity contribution in [3.63, 3.8) is 0 Å². The lowest BCUT2D eigenvalue weighted by Gasteiger charge is -2.22.